The Morgan fingerprint density at radius 2 is 1.48 bits per heavy atom. The highest BCUT2D eigenvalue weighted by atomic mass is 16.7. The van der Waals surface area contributed by atoms with Crippen LogP contribution in [0.25, 0.3) is 5.57 Å². The van der Waals surface area contributed by atoms with E-state index in [-0.39, 0.29) is 6.42 Å². The van der Waals surface area contributed by atoms with E-state index in [1.165, 1.54) is 20.6 Å². The van der Waals surface area contributed by atoms with E-state index in [1.807, 2.05) is 30.3 Å². The Kier molecular flexibility index (Phi) is 11.5. The zero-order valence-corrected chi connectivity index (χ0v) is 19.1. The lowest BCUT2D eigenvalue weighted by Crippen LogP contribution is -2.26. The number of hydroxylamine groups is 4. The number of hydrogen-bond acceptors (Lipinski definition) is 5. The van der Waals surface area contributed by atoms with Crippen molar-refractivity contribution in [1.29, 1.82) is 0 Å². The summed E-state index contributed by atoms with van der Waals surface area (Å²) in [5.74, 6) is -1.21. The van der Waals surface area contributed by atoms with E-state index in [2.05, 4.69) is 13.8 Å². The summed E-state index contributed by atoms with van der Waals surface area (Å²) in [6.45, 7) is 6.04. The van der Waals surface area contributed by atoms with Crippen molar-refractivity contribution in [1.82, 2.24) is 10.1 Å². The first-order valence-electron chi connectivity index (χ1n) is 10.5. The number of carbonyl (C=O) groups is 3. The van der Waals surface area contributed by atoms with Gasteiger partial charge in [-0.3, -0.25) is 24.1 Å². The Labute approximate surface area is 184 Å². The summed E-state index contributed by atoms with van der Waals surface area (Å²) in [7, 11) is 2.74. The summed E-state index contributed by atoms with van der Waals surface area (Å²) >= 11 is 0. The number of carbonyl (C=O) groups excluding carboxylic acids is 2. The number of rotatable bonds is 10. The van der Waals surface area contributed by atoms with Gasteiger partial charge in [0.05, 0.1) is 14.2 Å². The van der Waals surface area contributed by atoms with Crippen molar-refractivity contribution < 1.29 is 29.2 Å². The number of carboxylic acid groups (broad SMARTS) is 1. The van der Waals surface area contributed by atoms with Crippen LogP contribution in [0.3, 0.4) is 0 Å². The molecule has 1 fully saturated rings. The summed E-state index contributed by atoms with van der Waals surface area (Å²) in [6.07, 6.45) is 5.34. The molecule has 0 spiro atoms. The van der Waals surface area contributed by atoms with Crippen molar-refractivity contribution in [2.75, 3.05) is 14.2 Å². The van der Waals surface area contributed by atoms with Crippen LogP contribution in [0.15, 0.2) is 36.2 Å². The normalized spacial score (nSPS) is 13.5. The molecule has 2 amide bonds. The lowest BCUT2D eigenvalue weighted by atomic mass is 9.97. The molecule has 0 bridgehead atoms. The van der Waals surface area contributed by atoms with E-state index in [0.717, 1.165) is 46.9 Å². The number of nitrogens with zero attached hydrogens (tertiary/aromatic N) is 2. The Balaban J connectivity index is 0.000000861. The summed E-state index contributed by atoms with van der Waals surface area (Å²) in [5.41, 5.74) is 1.80. The molecule has 2 rings (SSSR count). The fourth-order valence-corrected chi connectivity index (χ4v) is 3.09. The Morgan fingerprint density at radius 3 is 1.90 bits per heavy atom. The molecular formula is C23H34N2O6. The van der Waals surface area contributed by atoms with Crippen LogP contribution < -0.4 is 0 Å². The van der Waals surface area contributed by atoms with Gasteiger partial charge in [0.15, 0.2) is 5.82 Å². The van der Waals surface area contributed by atoms with Crippen molar-refractivity contribution >= 4 is 23.4 Å². The zero-order chi connectivity index (χ0) is 23.4. The predicted molar refractivity (Wildman–Crippen MR) is 117 cm³/mol. The molecule has 0 aromatic heterocycles. The first-order chi connectivity index (χ1) is 14.8. The lowest BCUT2D eigenvalue weighted by molar-refractivity contribution is -0.164. The number of aliphatic carboxylic acids is 1. The van der Waals surface area contributed by atoms with Gasteiger partial charge in [-0.2, -0.15) is 10.1 Å². The average Bonchev–Trinajstić information content (AvgIpc) is 3.00. The second-order valence-electron chi connectivity index (χ2n) is 7.47. The van der Waals surface area contributed by atoms with Gasteiger partial charge in [0, 0.05) is 12.0 Å². The summed E-state index contributed by atoms with van der Waals surface area (Å²) < 4.78 is 0. The molecule has 0 atom stereocenters. The second kappa shape index (κ2) is 13.6. The van der Waals surface area contributed by atoms with Crippen molar-refractivity contribution in [3.8, 4) is 0 Å². The molecule has 0 aliphatic carbocycles. The zero-order valence-electron chi connectivity index (χ0n) is 19.1. The van der Waals surface area contributed by atoms with Crippen molar-refractivity contribution in [3.63, 3.8) is 0 Å². The van der Waals surface area contributed by atoms with Crippen molar-refractivity contribution in [3.05, 3.63) is 41.7 Å². The molecule has 8 nitrogen and oxygen atoms in total. The minimum atomic E-state index is -0.752. The molecule has 1 N–H and O–H groups in total. The number of unbranched alkanes of at least 4 members (excludes halogenated alkanes) is 2. The molecule has 31 heavy (non-hydrogen) atoms. The SMILES string of the molecule is CCC(=O)O.CON1C(=O)C(=O)N(OC)C1=C(CCCCCC(C)C)c1ccccc1. The minimum absolute atomic E-state index is 0.222. The summed E-state index contributed by atoms with van der Waals surface area (Å²) in [5, 5.41) is 9.75. The molecule has 0 saturated carbocycles. The van der Waals surface area contributed by atoms with Gasteiger partial charge in [-0.25, -0.2) is 0 Å². The second-order valence-corrected chi connectivity index (χ2v) is 7.47. The highest BCUT2D eigenvalue weighted by Gasteiger charge is 2.44. The number of amides is 2. The fourth-order valence-electron chi connectivity index (χ4n) is 3.09. The average molecular weight is 435 g/mol. The lowest BCUT2D eigenvalue weighted by Gasteiger charge is -2.22. The van der Waals surface area contributed by atoms with Crippen LogP contribution in [0, 0.1) is 5.92 Å². The van der Waals surface area contributed by atoms with Gasteiger partial charge in [-0.15, -0.1) is 0 Å². The van der Waals surface area contributed by atoms with Crippen LogP contribution in [0.4, 0.5) is 0 Å². The monoisotopic (exact) mass is 434 g/mol. The highest BCUT2D eigenvalue weighted by molar-refractivity contribution is 6.37. The molecule has 1 saturated heterocycles. The number of benzene rings is 1. The van der Waals surface area contributed by atoms with Crippen LogP contribution in [-0.2, 0) is 24.1 Å². The maximum Gasteiger partial charge on any atom is 0.344 e. The largest absolute Gasteiger partial charge is 0.481 e. The van der Waals surface area contributed by atoms with E-state index in [4.69, 9.17) is 14.8 Å². The number of hydrogen-bond donors (Lipinski definition) is 1. The maximum absolute atomic E-state index is 12.2. The first-order valence-corrected chi connectivity index (χ1v) is 10.5. The molecule has 1 aromatic rings. The number of carboxylic acids is 1. The highest BCUT2D eigenvalue weighted by Crippen LogP contribution is 2.33. The Hall–Kier alpha value is -2.71. The molecule has 0 radical (unpaired) electrons. The van der Waals surface area contributed by atoms with Crippen LogP contribution in [0.2, 0.25) is 0 Å². The molecular weight excluding hydrogens is 400 g/mol. The van der Waals surface area contributed by atoms with E-state index < -0.39 is 17.8 Å². The summed E-state index contributed by atoms with van der Waals surface area (Å²) in [4.78, 5) is 44.1. The summed E-state index contributed by atoms with van der Waals surface area (Å²) in [6, 6.07) is 9.72. The van der Waals surface area contributed by atoms with Crippen molar-refractivity contribution in [2.45, 2.75) is 59.3 Å². The molecule has 1 aliphatic rings. The molecule has 1 aromatic carbocycles. The minimum Gasteiger partial charge on any atom is -0.481 e. The quantitative estimate of drug-likeness (QED) is 0.437. The first kappa shape index (κ1) is 26.3. The van der Waals surface area contributed by atoms with E-state index in [1.54, 1.807) is 6.92 Å². The molecule has 1 aliphatic heterocycles. The van der Waals surface area contributed by atoms with Gasteiger partial charge in [-0.05, 0) is 24.3 Å². The van der Waals surface area contributed by atoms with E-state index in [9.17, 15) is 14.4 Å². The molecule has 0 unspecified atom stereocenters. The van der Waals surface area contributed by atoms with Gasteiger partial charge in [0.2, 0.25) is 0 Å². The Morgan fingerprint density at radius 1 is 0.968 bits per heavy atom. The molecule has 8 heteroatoms. The molecule has 1 heterocycles. The smallest absolute Gasteiger partial charge is 0.344 e. The fraction of sp³-hybridized carbons (Fsp3) is 0.522. The Bertz CT molecular complexity index is 737. The van der Waals surface area contributed by atoms with Gasteiger partial charge in [0.25, 0.3) is 0 Å². The van der Waals surface area contributed by atoms with Crippen LogP contribution in [0.5, 0.6) is 0 Å². The topological polar surface area (TPSA) is 96.4 Å². The standard InChI is InChI=1S/C20H28N2O4.C3H6O2/c1-15(2)11-7-5-10-14-17(16-12-8-6-9-13-16)18-21(25-3)19(23)20(24)22(18)26-4;1-2-3(4)5/h6,8-9,12-13,15H,5,7,10-11,14H2,1-4H3;2H2,1H3,(H,4,5). The van der Waals surface area contributed by atoms with Gasteiger partial charge < -0.3 is 5.11 Å². The number of allylic oxidation sites excluding steroid dienone is 1. The van der Waals surface area contributed by atoms with E-state index in [0.29, 0.717) is 11.7 Å². The van der Waals surface area contributed by atoms with Gasteiger partial charge in [-0.1, -0.05) is 70.4 Å². The van der Waals surface area contributed by atoms with Gasteiger partial charge in [0.1, 0.15) is 0 Å². The van der Waals surface area contributed by atoms with Crippen LogP contribution in [0.1, 0.15) is 64.9 Å². The van der Waals surface area contributed by atoms with E-state index >= 15 is 0 Å². The van der Waals surface area contributed by atoms with Crippen LogP contribution >= 0.6 is 0 Å². The third-order valence-electron chi connectivity index (χ3n) is 4.70. The van der Waals surface area contributed by atoms with Crippen molar-refractivity contribution in [2.24, 2.45) is 5.92 Å². The maximum atomic E-state index is 12.2. The van der Waals surface area contributed by atoms with Gasteiger partial charge >= 0.3 is 17.8 Å². The third kappa shape index (κ3) is 7.80. The molecule has 172 valence electrons. The predicted octanol–water partition coefficient (Wildman–Crippen LogP) is 4.24. The third-order valence-corrected chi connectivity index (χ3v) is 4.70. The van der Waals surface area contributed by atoms with Crippen LogP contribution in [-0.4, -0.2) is 47.2 Å².